The van der Waals surface area contributed by atoms with E-state index in [1.54, 1.807) is 24.3 Å². The van der Waals surface area contributed by atoms with Gasteiger partial charge in [0.05, 0.1) is 47.8 Å². The van der Waals surface area contributed by atoms with Crippen LogP contribution >= 0.6 is 0 Å². The van der Waals surface area contributed by atoms with Crippen molar-refractivity contribution in [2.45, 2.75) is 12.2 Å². The van der Waals surface area contributed by atoms with Crippen molar-refractivity contribution >= 4 is 11.6 Å². The van der Waals surface area contributed by atoms with E-state index in [2.05, 4.69) is 0 Å². The molecule has 2 aromatic carbocycles. The van der Waals surface area contributed by atoms with Crippen molar-refractivity contribution in [3.63, 3.8) is 0 Å². The zero-order valence-electron chi connectivity index (χ0n) is 19.7. The van der Waals surface area contributed by atoms with Gasteiger partial charge in [0, 0.05) is 5.56 Å². The molecule has 2 aromatic rings. The quantitative estimate of drug-likeness (QED) is 0.357. The average molecular weight is 449 g/mol. The number of phenolic OH excluding ortho intramolecular Hbond substituents is 2. The van der Waals surface area contributed by atoms with Crippen LogP contribution in [0.3, 0.4) is 0 Å². The Labute approximate surface area is 189 Å². The summed E-state index contributed by atoms with van der Waals surface area (Å²) in [5.41, 5.74) is 0.504. The molecule has 0 saturated carbocycles. The lowest BCUT2D eigenvalue weighted by Gasteiger charge is -2.26. The molecule has 0 aromatic heterocycles. The van der Waals surface area contributed by atoms with Gasteiger partial charge in [-0.2, -0.15) is 0 Å². The minimum absolute atomic E-state index is 0.0308. The second kappa shape index (κ2) is 11.2. The Balaban J connectivity index is 0.000000320. The molecule has 0 saturated heterocycles. The molecule has 2 rings (SSSR count). The number of phenols is 2. The zero-order chi connectivity index (χ0) is 24.7. The number of quaternary nitrogens is 2. The summed E-state index contributed by atoms with van der Waals surface area (Å²) in [6.07, 6.45) is -2.13. The third-order valence-corrected chi connectivity index (χ3v) is 4.35. The summed E-state index contributed by atoms with van der Waals surface area (Å²) in [5, 5.41) is 38.2. The van der Waals surface area contributed by atoms with E-state index in [0.717, 1.165) is 0 Å². The number of nitrogens with zero attached hydrogens (tertiary/aromatic N) is 2. The van der Waals surface area contributed by atoms with Crippen molar-refractivity contribution in [3.05, 3.63) is 59.7 Å². The fraction of sp³-hybridized carbons (Fsp3) is 0.417. The van der Waals surface area contributed by atoms with Crippen LogP contribution in [-0.2, 0) is 0 Å². The Morgan fingerprint density at radius 2 is 1.25 bits per heavy atom. The van der Waals surface area contributed by atoms with Gasteiger partial charge in [-0.05, 0) is 24.3 Å². The summed E-state index contributed by atoms with van der Waals surface area (Å²) in [6.45, 7) is 0.654. The molecule has 0 bridgehead atoms. The molecule has 0 aliphatic rings. The van der Waals surface area contributed by atoms with Crippen LogP contribution in [0.25, 0.3) is 0 Å². The molecule has 0 fully saturated rings. The number of aromatic hydroxyl groups is 2. The van der Waals surface area contributed by atoms with Crippen LogP contribution in [0.4, 0.5) is 0 Å². The molecule has 8 nitrogen and oxygen atoms in total. The Morgan fingerprint density at radius 1 is 0.750 bits per heavy atom. The van der Waals surface area contributed by atoms with Crippen LogP contribution < -0.4 is 0 Å². The third-order valence-electron chi connectivity index (χ3n) is 4.35. The van der Waals surface area contributed by atoms with E-state index >= 15 is 0 Å². The number of aliphatic hydroxyl groups excluding tert-OH is 2. The number of aliphatic hydroxyl groups is 2. The lowest BCUT2D eigenvalue weighted by Crippen LogP contribution is -2.44. The first-order valence-corrected chi connectivity index (χ1v) is 10.2. The largest absolute Gasteiger partial charge is 0.508 e. The van der Waals surface area contributed by atoms with E-state index in [-0.39, 0.29) is 22.8 Å². The van der Waals surface area contributed by atoms with Crippen molar-refractivity contribution in [2.75, 3.05) is 55.4 Å². The van der Waals surface area contributed by atoms with Crippen LogP contribution in [0.2, 0.25) is 0 Å². The summed E-state index contributed by atoms with van der Waals surface area (Å²) < 4.78 is 0.992. The smallest absolute Gasteiger partial charge is 0.200 e. The molecule has 0 amide bonds. The van der Waals surface area contributed by atoms with Gasteiger partial charge in [0.2, 0.25) is 5.78 Å². The second-order valence-corrected chi connectivity index (χ2v) is 9.77. The predicted molar refractivity (Wildman–Crippen MR) is 123 cm³/mol. The van der Waals surface area contributed by atoms with Crippen molar-refractivity contribution in [1.29, 1.82) is 0 Å². The highest BCUT2D eigenvalue weighted by Gasteiger charge is 2.25. The SMILES string of the molecule is C[N+](C)(C)CC(O)C(=O)c1cccc(O)c1.C[N+](C)(C)CC(O)C(=O)c1ccccc1O. The molecule has 0 spiro atoms. The number of carbonyl (C=O) groups is 2. The lowest BCUT2D eigenvalue weighted by molar-refractivity contribution is -0.872. The number of para-hydroxylation sites is 1. The maximum atomic E-state index is 11.8. The number of benzene rings is 2. The maximum absolute atomic E-state index is 11.8. The van der Waals surface area contributed by atoms with Crippen LogP contribution in [0.15, 0.2) is 48.5 Å². The molecule has 8 heteroatoms. The first-order chi connectivity index (χ1) is 14.6. The number of hydrogen-bond donors (Lipinski definition) is 4. The molecule has 0 aliphatic heterocycles. The molecule has 4 N–H and O–H groups in total. The minimum Gasteiger partial charge on any atom is -0.508 e. The Kier molecular flexibility index (Phi) is 9.53. The Morgan fingerprint density at radius 3 is 1.72 bits per heavy atom. The van der Waals surface area contributed by atoms with E-state index in [0.29, 0.717) is 27.6 Å². The van der Waals surface area contributed by atoms with Gasteiger partial charge in [0.15, 0.2) is 18.0 Å². The molecule has 2 atom stereocenters. The normalized spacial score (nSPS) is 13.5. The van der Waals surface area contributed by atoms with Crippen molar-refractivity contribution in [1.82, 2.24) is 0 Å². The number of likely N-dealkylation sites (N-methyl/N-ethyl adjacent to an activating group) is 2. The summed E-state index contributed by atoms with van der Waals surface area (Å²) in [7, 11) is 11.4. The standard InChI is InChI=1S/2C12H17NO3/c1-13(2,3)8-11(15)12(16)9-5-4-6-10(14)7-9;1-13(2,3)8-11(15)12(16)9-6-4-5-7-10(9)14/h2*4-7,11,15H,8H2,1-3H3/p+2. The van der Waals surface area contributed by atoms with Gasteiger partial charge in [-0.1, -0.05) is 24.3 Å². The third kappa shape index (κ3) is 9.57. The number of Topliss-reactive ketones (excluding diaryl/α,β-unsaturated/α-hetero) is 2. The van der Waals surface area contributed by atoms with E-state index < -0.39 is 18.0 Å². The van der Waals surface area contributed by atoms with Crippen LogP contribution in [-0.4, -0.2) is 109 Å². The van der Waals surface area contributed by atoms with E-state index in [9.17, 15) is 30.0 Å². The van der Waals surface area contributed by atoms with Gasteiger partial charge < -0.3 is 29.4 Å². The van der Waals surface area contributed by atoms with Gasteiger partial charge >= 0.3 is 0 Å². The van der Waals surface area contributed by atoms with Gasteiger partial charge in [-0.3, -0.25) is 9.59 Å². The van der Waals surface area contributed by atoms with Crippen molar-refractivity contribution < 1.29 is 39.0 Å². The molecule has 176 valence electrons. The first-order valence-electron chi connectivity index (χ1n) is 10.2. The molecule has 0 heterocycles. The summed E-state index contributed by atoms with van der Waals surface area (Å²) in [4.78, 5) is 23.6. The van der Waals surface area contributed by atoms with Gasteiger partial charge in [0.1, 0.15) is 24.6 Å². The number of rotatable bonds is 8. The van der Waals surface area contributed by atoms with E-state index in [4.69, 9.17) is 0 Å². The van der Waals surface area contributed by atoms with Crippen LogP contribution in [0.5, 0.6) is 11.5 Å². The average Bonchev–Trinajstić information content (AvgIpc) is 2.65. The lowest BCUT2D eigenvalue weighted by atomic mass is 10.0. The highest BCUT2D eigenvalue weighted by Crippen LogP contribution is 2.18. The monoisotopic (exact) mass is 448 g/mol. The fourth-order valence-corrected chi connectivity index (χ4v) is 2.92. The molecular weight excluding hydrogens is 412 g/mol. The van der Waals surface area contributed by atoms with Gasteiger partial charge in [0.25, 0.3) is 0 Å². The molecule has 0 radical (unpaired) electrons. The van der Waals surface area contributed by atoms with Gasteiger partial charge in [-0.25, -0.2) is 0 Å². The highest BCUT2D eigenvalue weighted by atomic mass is 16.3. The minimum atomic E-state index is -1.09. The summed E-state index contributed by atoms with van der Waals surface area (Å²) in [5.74, 6) is -0.855. The predicted octanol–water partition coefficient (Wildman–Crippen LogP) is 1.28. The number of ketones is 2. The van der Waals surface area contributed by atoms with Crippen molar-refractivity contribution in [3.8, 4) is 11.5 Å². The van der Waals surface area contributed by atoms with Crippen LogP contribution in [0, 0.1) is 0 Å². The molecule has 32 heavy (non-hydrogen) atoms. The summed E-state index contributed by atoms with van der Waals surface area (Å²) in [6, 6.07) is 12.3. The van der Waals surface area contributed by atoms with E-state index in [1.165, 1.54) is 24.3 Å². The molecule has 2 unspecified atom stereocenters. The number of hydrogen-bond acceptors (Lipinski definition) is 6. The zero-order valence-corrected chi connectivity index (χ0v) is 19.7. The van der Waals surface area contributed by atoms with Crippen LogP contribution in [0.1, 0.15) is 20.7 Å². The molecule has 0 aliphatic carbocycles. The topological polar surface area (TPSA) is 115 Å². The van der Waals surface area contributed by atoms with E-state index in [1.807, 2.05) is 42.3 Å². The second-order valence-electron chi connectivity index (χ2n) is 9.77. The van der Waals surface area contributed by atoms with Crippen molar-refractivity contribution in [2.24, 2.45) is 0 Å². The fourth-order valence-electron chi connectivity index (χ4n) is 2.92. The summed E-state index contributed by atoms with van der Waals surface area (Å²) >= 11 is 0. The van der Waals surface area contributed by atoms with Gasteiger partial charge in [-0.15, -0.1) is 0 Å². The Hall–Kier alpha value is -2.78. The molecular formula is C24H36N2O6+2. The first kappa shape index (κ1) is 27.3. The number of carbonyl (C=O) groups excluding carboxylic acids is 2. The maximum Gasteiger partial charge on any atom is 0.200 e. The highest BCUT2D eigenvalue weighted by molar-refractivity contribution is 6.01. The Bertz CT molecular complexity index is 915.